The van der Waals surface area contributed by atoms with Crippen molar-refractivity contribution in [2.24, 2.45) is 5.92 Å². The summed E-state index contributed by atoms with van der Waals surface area (Å²) in [5.74, 6) is 1.61. The molecule has 5 heteroatoms. The normalized spacial score (nSPS) is 17.1. The number of nitrogens with zero attached hydrogens (tertiary/aromatic N) is 2. The SMILES string of the molecule is Cc1c2c(cc3c1N(CC(C)C)CCO3)CCN(C(=O)OC(C)(C)C)CC2. The summed E-state index contributed by atoms with van der Waals surface area (Å²) < 4.78 is 11.6. The lowest BCUT2D eigenvalue weighted by atomic mass is 9.94. The number of rotatable bonds is 2. The zero-order valence-electron chi connectivity index (χ0n) is 17.7. The zero-order chi connectivity index (χ0) is 19.8. The Bertz CT molecular complexity index is 706. The van der Waals surface area contributed by atoms with Crippen LogP contribution in [0.1, 0.15) is 51.3 Å². The number of ether oxygens (including phenoxy) is 2. The first-order valence-electron chi connectivity index (χ1n) is 10.2. The van der Waals surface area contributed by atoms with Gasteiger partial charge in [-0.05, 0) is 69.2 Å². The summed E-state index contributed by atoms with van der Waals surface area (Å²) in [6.45, 7) is 16.6. The maximum absolute atomic E-state index is 12.5. The highest BCUT2D eigenvalue weighted by Gasteiger charge is 2.28. The number of amides is 1. The lowest BCUT2D eigenvalue weighted by Crippen LogP contribution is -2.38. The minimum Gasteiger partial charge on any atom is -0.490 e. The van der Waals surface area contributed by atoms with Crippen LogP contribution in [-0.4, -0.2) is 49.4 Å². The lowest BCUT2D eigenvalue weighted by Gasteiger charge is -2.35. The van der Waals surface area contributed by atoms with Crippen LogP contribution < -0.4 is 9.64 Å². The van der Waals surface area contributed by atoms with Gasteiger partial charge in [-0.1, -0.05) is 13.8 Å². The maximum atomic E-state index is 12.5. The standard InChI is InChI=1S/C22H34N2O3/c1-15(2)14-24-11-12-26-19-13-17-7-9-23(21(25)27-22(4,5)6)10-8-18(17)16(3)20(19)24/h13,15H,7-12,14H2,1-6H3. The van der Waals surface area contributed by atoms with Crippen LogP contribution in [0.15, 0.2) is 6.07 Å². The summed E-state index contributed by atoms with van der Waals surface area (Å²) in [4.78, 5) is 16.8. The third kappa shape index (κ3) is 4.50. The van der Waals surface area contributed by atoms with Gasteiger partial charge < -0.3 is 19.3 Å². The Balaban J connectivity index is 1.85. The second-order valence-electron chi connectivity index (χ2n) is 9.14. The fourth-order valence-corrected chi connectivity index (χ4v) is 4.08. The molecule has 1 aromatic rings. The molecular formula is C22H34N2O3. The highest BCUT2D eigenvalue weighted by molar-refractivity contribution is 5.71. The van der Waals surface area contributed by atoms with Crippen molar-refractivity contribution in [1.29, 1.82) is 0 Å². The van der Waals surface area contributed by atoms with Crippen molar-refractivity contribution < 1.29 is 14.3 Å². The molecule has 0 aliphatic carbocycles. The van der Waals surface area contributed by atoms with E-state index in [1.54, 1.807) is 0 Å². The van der Waals surface area contributed by atoms with E-state index in [-0.39, 0.29) is 6.09 Å². The topological polar surface area (TPSA) is 42.0 Å². The summed E-state index contributed by atoms with van der Waals surface area (Å²) in [5.41, 5.74) is 4.78. The Morgan fingerprint density at radius 3 is 2.59 bits per heavy atom. The second kappa shape index (κ2) is 7.61. The van der Waals surface area contributed by atoms with Crippen molar-refractivity contribution in [2.45, 2.75) is 60.0 Å². The molecule has 0 unspecified atom stereocenters. The number of carbonyl (C=O) groups excluding carboxylic acids is 1. The van der Waals surface area contributed by atoms with E-state index < -0.39 is 5.60 Å². The highest BCUT2D eigenvalue weighted by atomic mass is 16.6. The first-order valence-corrected chi connectivity index (χ1v) is 10.2. The van der Waals surface area contributed by atoms with E-state index in [0.29, 0.717) is 19.0 Å². The number of carbonyl (C=O) groups is 1. The molecule has 2 heterocycles. The molecular weight excluding hydrogens is 340 g/mol. The molecule has 1 amide bonds. The molecule has 1 aromatic carbocycles. The largest absolute Gasteiger partial charge is 0.490 e. The molecule has 5 nitrogen and oxygen atoms in total. The van der Waals surface area contributed by atoms with Crippen LogP contribution in [0, 0.1) is 12.8 Å². The van der Waals surface area contributed by atoms with Gasteiger partial charge in [0.2, 0.25) is 0 Å². The van der Waals surface area contributed by atoms with Crippen LogP contribution in [0.3, 0.4) is 0 Å². The van der Waals surface area contributed by atoms with E-state index in [1.807, 2.05) is 25.7 Å². The van der Waals surface area contributed by atoms with Crippen molar-refractivity contribution in [3.63, 3.8) is 0 Å². The average molecular weight is 375 g/mol. The Kier molecular flexibility index (Phi) is 5.59. The predicted molar refractivity (Wildman–Crippen MR) is 109 cm³/mol. The molecule has 0 aromatic heterocycles. The minimum atomic E-state index is -0.462. The number of fused-ring (bicyclic) bond motifs is 2. The Hall–Kier alpha value is -1.91. The molecule has 27 heavy (non-hydrogen) atoms. The van der Waals surface area contributed by atoms with E-state index >= 15 is 0 Å². The molecule has 150 valence electrons. The smallest absolute Gasteiger partial charge is 0.410 e. The van der Waals surface area contributed by atoms with Crippen molar-refractivity contribution in [3.05, 3.63) is 22.8 Å². The number of benzene rings is 1. The van der Waals surface area contributed by atoms with Crippen LogP contribution in [0.2, 0.25) is 0 Å². The van der Waals surface area contributed by atoms with Gasteiger partial charge in [0.25, 0.3) is 0 Å². The van der Waals surface area contributed by atoms with E-state index in [1.165, 1.54) is 22.4 Å². The molecule has 0 N–H and O–H groups in total. The average Bonchev–Trinajstić information content (AvgIpc) is 2.76. The Labute approximate surface area is 163 Å². The number of hydrogen-bond acceptors (Lipinski definition) is 4. The Morgan fingerprint density at radius 2 is 1.93 bits per heavy atom. The summed E-state index contributed by atoms with van der Waals surface area (Å²) >= 11 is 0. The first-order chi connectivity index (χ1) is 12.7. The monoisotopic (exact) mass is 374 g/mol. The maximum Gasteiger partial charge on any atom is 0.410 e. The van der Waals surface area contributed by atoms with Crippen LogP contribution in [-0.2, 0) is 17.6 Å². The fourth-order valence-electron chi connectivity index (χ4n) is 4.08. The molecule has 0 fully saturated rings. The van der Waals surface area contributed by atoms with Crippen molar-refractivity contribution in [3.8, 4) is 5.75 Å². The zero-order valence-corrected chi connectivity index (χ0v) is 17.7. The fraction of sp³-hybridized carbons (Fsp3) is 0.682. The number of anilines is 1. The van der Waals surface area contributed by atoms with Crippen LogP contribution in [0.25, 0.3) is 0 Å². The molecule has 0 bridgehead atoms. The summed E-state index contributed by atoms with van der Waals surface area (Å²) in [6.07, 6.45) is 1.50. The predicted octanol–water partition coefficient (Wildman–Crippen LogP) is 4.19. The van der Waals surface area contributed by atoms with Gasteiger partial charge in [0.15, 0.2) is 0 Å². The summed E-state index contributed by atoms with van der Waals surface area (Å²) in [6, 6.07) is 2.21. The highest BCUT2D eigenvalue weighted by Crippen LogP contribution is 2.40. The van der Waals surface area contributed by atoms with E-state index in [4.69, 9.17) is 9.47 Å². The quantitative estimate of drug-likeness (QED) is 0.779. The molecule has 2 aliphatic heterocycles. The first kappa shape index (κ1) is 19.8. The van der Waals surface area contributed by atoms with Crippen molar-refractivity contribution in [1.82, 2.24) is 4.90 Å². The summed E-state index contributed by atoms with van der Waals surface area (Å²) in [5, 5.41) is 0. The van der Waals surface area contributed by atoms with Gasteiger partial charge >= 0.3 is 6.09 Å². The van der Waals surface area contributed by atoms with Crippen LogP contribution in [0.5, 0.6) is 5.75 Å². The van der Waals surface area contributed by atoms with Gasteiger partial charge in [0.1, 0.15) is 18.0 Å². The number of hydrogen-bond donors (Lipinski definition) is 0. The minimum absolute atomic E-state index is 0.213. The molecule has 0 saturated heterocycles. The second-order valence-corrected chi connectivity index (χ2v) is 9.14. The van der Waals surface area contributed by atoms with E-state index in [9.17, 15) is 4.79 Å². The third-order valence-electron chi connectivity index (χ3n) is 5.19. The lowest BCUT2D eigenvalue weighted by molar-refractivity contribution is 0.0258. The Morgan fingerprint density at radius 1 is 1.22 bits per heavy atom. The van der Waals surface area contributed by atoms with Gasteiger partial charge in [-0.25, -0.2) is 4.79 Å². The molecule has 2 aliphatic rings. The van der Waals surface area contributed by atoms with Crippen molar-refractivity contribution in [2.75, 3.05) is 37.7 Å². The molecule has 0 radical (unpaired) electrons. The van der Waals surface area contributed by atoms with Gasteiger partial charge in [-0.3, -0.25) is 0 Å². The third-order valence-corrected chi connectivity index (χ3v) is 5.19. The van der Waals surface area contributed by atoms with Gasteiger partial charge in [-0.15, -0.1) is 0 Å². The molecule has 3 rings (SSSR count). The van der Waals surface area contributed by atoms with E-state index in [2.05, 4.69) is 31.7 Å². The van der Waals surface area contributed by atoms with Crippen LogP contribution >= 0.6 is 0 Å². The van der Waals surface area contributed by atoms with Gasteiger partial charge in [-0.2, -0.15) is 0 Å². The van der Waals surface area contributed by atoms with E-state index in [0.717, 1.165) is 38.3 Å². The van der Waals surface area contributed by atoms with Gasteiger partial charge in [0, 0.05) is 19.6 Å². The van der Waals surface area contributed by atoms with Crippen LogP contribution in [0.4, 0.5) is 10.5 Å². The molecule has 0 saturated carbocycles. The molecule has 0 atom stereocenters. The van der Waals surface area contributed by atoms with Crippen molar-refractivity contribution >= 4 is 11.8 Å². The molecule has 0 spiro atoms. The van der Waals surface area contributed by atoms with Gasteiger partial charge in [0.05, 0.1) is 12.2 Å². The summed E-state index contributed by atoms with van der Waals surface area (Å²) in [7, 11) is 0.